The Morgan fingerprint density at radius 1 is 1.10 bits per heavy atom. The van der Waals surface area contributed by atoms with Crippen LogP contribution in [0.4, 0.5) is 0 Å². The van der Waals surface area contributed by atoms with Gasteiger partial charge in [-0.3, -0.25) is 9.20 Å². The molecule has 0 bridgehead atoms. The Balaban J connectivity index is 1.65. The smallest absolute Gasteiger partial charge is 0.253 e. The minimum absolute atomic E-state index is 0.00319. The third-order valence-electron chi connectivity index (χ3n) is 4.85. The van der Waals surface area contributed by atoms with E-state index in [1.165, 1.54) is 0 Å². The molecule has 0 aliphatic carbocycles. The van der Waals surface area contributed by atoms with Crippen LogP contribution in [0.1, 0.15) is 21.5 Å². The van der Waals surface area contributed by atoms with E-state index in [1.54, 1.807) is 37.9 Å². The lowest BCUT2D eigenvalue weighted by molar-refractivity contribution is 0.0827. The van der Waals surface area contributed by atoms with Crippen molar-refractivity contribution in [1.82, 2.24) is 19.5 Å². The second-order valence-electron chi connectivity index (χ2n) is 7.07. The Bertz CT molecular complexity index is 1200. The van der Waals surface area contributed by atoms with Crippen LogP contribution >= 0.6 is 11.8 Å². The SMILES string of the molecule is COc1ccc2c(C)cc3nnc(SCc4ccc(C(=O)N(C)C)cc4)n3c2c1. The average Bonchev–Trinajstić information content (AvgIpc) is 3.14. The van der Waals surface area contributed by atoms with Gasteiger partial charge in [0.15, 0.2) is 10.8 Å². The van der Waals surface area contributed by atoms with Crippen LogP contribution in [-0.4, -0.2) is 46.6 Å². The van der Waals surface area contributed by atoms with Crippen molar-refractivity contribution in [2.75, 3.05) is 21.2 Å². The summed E-state index contributed by atoms with van der Waals surface area (Å²) in [7, 11) is 5.17. The number of methoxy groups -OCH3 is 1. The summed E-state index contributed by atoms with van der Waals surface area (Å²) >= 11 is 1.62. The first kappa shape index (κ1) is 19.3. The van der Waals surface area contributed by atoms with Crippen molar-refractivity contribution in [3.05, 3.63) is 65.2 Å². The quantitative estimate of drug-likeness (QED) is 0.465. The summed E-state index contributed by atoms with van der Waals surface area (Å²) in [4.78, 5) is 13.6. The van der Waals surface area contributed by atoms with Crippen LogP contribution in [-0.2, 0) is 5.75 Å². The zero-order valence-corrected chi connectivity index (χ0v) is 17.7. The number of thioether (sulfide) groups is 1. The van der Waals surface area contributed by atoms with Gasteiger partial charge in [0.2, 0.25) is 0 Å². The van der Waals surface area contributed by atoms with E-state index in [0.29, 0.717) is 5.56 Å². The first-order chi connectivity index (χ1) is 14.0. The lowest BCUT2D eigenvalue weighted by Gasteiger charge is -2.11. The van der Waals surface area contributed by atoms with Crippen LogP contribution in [0.15, 0.2) is 53.7 Å². The van der Waals surface area contributed by atoms with Gasteiger partial charge in [0.25, 0.3) is 5.91 Å². The van der Waals surface area contributed by atoms with Crippen molar-refractivity contribution in [2.45, 2.75) is 17.8 Å². The van der Waals surface area contributed by atoms with Crippen LogP contribution in [0.5, 0.6) is 5.75 Å². The second kappa shape index (κ2) is 7.75. The lowest BCUT2D eigenvalue weighted by Crippen LogP contribution is -2.21. The van der Waals surface area contributed by atoms with Gasteiger partial charge in [-0.05, 0) is 48.4 Å². The van der Waals surface area contributed by atoms with Gasteiger partial charge in [-0.25, -0.2) is 0 Å². The first-order valence-corrected chi connectivity index (χ1v) is 10.2. The van der Waals surface area contributed by atoms with Gasteiger partial charge >= 0.3 is 0 Å². The van der Waals surface area contributed by atoms with E-state index < -0.39 is 0 Å². The molecule has 0 saturated heterocycles. The third kappa shape index (κ3) is 3.65. The molecule has 2 aromatic heterocycles. The third-order valence-corrected chi connectivity index (χ3v) is 5.85. The molecule has 7 heteroatoms. The largest absolute Gasteiger partial charge is 0.497 e. The predicted molar refractivity (Wildman–Crippen MR) is 116 cm³/mol. The Kier molecular flexibility index (Phi) is 5.15. The highest BCUT2D eigenvalue weighted by molar-refractivity contribution is 7.98. The molecule has 0 atom stereocenters. The van der Waals surface area contributed by atoms with Gasteiger partial charge in [0, 0.05) is 36.9 Å². The highest BCUT2D eigenvalue weighted by atomic mass is 32.2. The predicted octanol–water partition coefficient (Wildman–Crippen LogP) is 4.19. The van der Waals surface area contributed by atoms with Crippen LogP contribution in [0.3, 0.4) is 0 Å². The molecule has 29 heavy (non-hydrogen) atoms. The fourth-order valence-corrected chi connectivity index (χ4v) is 4.18. The standard InChI is InChI=1S/C22H22N4O2S/c1-14-11-20-23-24-22(26(20)19-12-17(28-4)9-10-18(14)19)29-13-15-5-7-16(8-6-15)21(27)25(2)3/h5-12H,13H2,1-4H3. The van der Waals surface area contributed by atoms with E-state index in [0.717, 1.165) is 44.3 Å². The molecule has 148 valence electrons. The van der Waals surface area contributed by atoms with Crippen molar-refractivity contribution in [3.8, 4) is 5.75 Å². The van der Waals surface area contributed by atoms with Crippen molar-refractivity contribution in [3.63, 3.8) is 0 Å². The maximum Gasteiger partial charge on any atom is 0.253 e. The molecule has 0 spiro atoms. The minimum atomic E-state index is 0.00319. The zero-order valence-electron chi connectivity index (χ0n) is 16.8. The molecular weight excluding hydrogens is 384 g/mol. The summed E-state index contributed by atoms with van der Waals surface area (Å²) in [6.45, 7) is 2.08. The van der Waals surface area contributed by atoms with Crippen molar-refractivity contribution in [1.29, 1.82) is 0 Å². The summed E-state index contributed by atoms with van der Waals surface area (Å²) in [6.07, 6.45) is 0. The molecule has 0 fully saturated rings. The van der Waals surface area contributed by atoms with Gasteiger partial charge in [0.1, 0.15) is 5.75 Å². The van der Waals surface area contributed by atoms with Crippen LogP contribution in [0.25, 0.3) is 16.6 Å². The van der Waals surface area contributed by atoms with Gasteiger partial charge in [-0.15, -0.1) is 10.2 Å². The molecule has 6 nitrogen and oxygen atoms in total. The van der Waals surface area contributed by atoms with E-state index in [9.17, 15) is 4.79 Å². The number of rotatable bonds is 5. The molecule has 4 aromatic rings. The molecule has 2 aromatic carbocycles. The number of pyridine rings is 1. The van der Waals surface area contributed by atoms with Gasteiger partial charge < -0.3 is 9.64 Å². The average molecular weight is 407 g/mol. The summed E-state index contributed by atoms with van der Waals surface area (Å²) in [5, 5.41) is 10.7. The van der Waals surface area contributed by atoms with E-state index in [2.05, 4.69) is 27.6 Å². The Morgan fingerprint density at radius 3 is 2.55 bits per heavy atom. The maximum absolute atomic E-state index is 12.0. The molecule has 0 saturated carbocycles. The molecule has 0 radical (unpaired) electrons. The fourth-order valence-electron chi connectivity index (χ4n) is 3.27. The van der Waals surface area contributed by atoms with Crippen LogP contribution in [0, 0.1) is 6.92 Å². The summed E-state index contributed by atoms with van der Waals surface area (Å²) < 4.78 is 7.48. The van der Waals surface area contributed by atoms with E-state index in [1.807, 2.05) is 42.5 Å². The monoisotopic (exact) mass is 406 g/mol. The molecule has 0 N–H and O–H groups in total. The second-order valence-corrected chi connectivity index (χ2v) is 8.01. The molecule has 0 aliphatic rings. The topological polar surface area (TPSA) is 59.7 Å². The highest BCUT2D eigenvalue weighted by Crippen LogP contribution is 2.29. The first-order valence-electron chi connectivity index (χ1n) is 9.24. The summed E-state index contributed by atoms with van der Waals surface area (Å²) in [6, 6.07) is 15.8. The Morgan fingerprint density at radius 2 is 1.86 bits per heavy atom. The number of carbonyl (C=O) groups excluding carboxylic acids is 1. The molecular formula is C22H22N4O2S. The molecule has 2 heterocycles. The number of nitrogens with zero attached hydrogens (tertiary/aromatic N) is 4. The number of ether oxygens (including phenoxy) is 1. The summed E-state index contributed by atoms with van der Waals surface area (Å²) in [5.41, 5.74) is 4.80. The van der Waals surface area contributed by atoms with Crippen molar-refractivity contribution >= 4 is 34.2 Å². The molecule has 4 rings (SSSR count). The lowest BCUT2D eigenvalue weighted by atomic mass is 10.1. The number of aryl methyl sites for hydroxylation is 1. The number of benzene rings is 2. The van der Waals surface area contributed by atoms with Crippen molar-refractivity contribution in [2.24, 2.45) is 0 Å². The number of fused-ring (bicyclic) bond motifs is 3. The van der Waals surface area contributed by atoms with Gasteiger partial charge in [0.05, 0.1) is 12.6 Å². The van der Waals surface area contributed by atoms with E-state index >= 15 is 0 Å². The number of hydrogen-bond acceptors (Lipinski definition) is 5. The maximum atomic E-state index is 12.0. The number of hydrogen-bond donors (Lipinski definition) is 0. The normalized spacial score (nSPS) is 11.2. The number of carbonyl (C=O) groups is 1. The molecule has 1 amide bonds. The Labute approximate surface area is 173 Å². The van der Waals surface area contributed by atoms with Crippen molar-refractivity contribution < 1.29 is 9.53 Å². The van der Waals surface area contributed by atoms with Gasteiger partial charge in [-0.2, -0.15) is 0 Å². The summed E-state index contributed by atoms with van der Waals surface area (Å²) in [5.74, 6) is 1.54. The van der Waals surface area contributed by atoms with Crippen LogP contribution < -0.4 is 4.74 Å². The van der Waals surface area contributed by atoms with Crippen LogP contribution in [0.2, 0.25) is 0 Å². The molecule has 0 unspecified atom stereocenters. The highest BCUT2D eigenvalue weighted by Gasteiger charge is 2.13. The number of amides is 1. The zero-order chi connectivity index (χ0) is 20.5. The van der Waals surface area contributed by atoms with E-state index in [-0.39, 0.29) is 5.91 Å². The van der Waals surface area contributed by atoms with E-state index in [4.69, 9.17) is 4.74 Å². The van der Waals surface area contributed by atoms with Gasteiger partial charge in [-0.1, -0.05) is 23.9 Å². The number of aromatic nitrogens is 3. The molecule has 0 aliphatic heterocycles. The minimum Gasteiger partial charge on any atom is -0.497 e. The fraction of sp³-hybridized carbons (Fsp3) is 0.227. The Hall–Kier alpha value is -3.06.